The van der Waals surface area contributed by atoms with Crippen molar-refractivity contribution in [2.75, 3.05) is 0 Å². The van der Waals surface area contributed by atoms with Gasteiger partial charge < -0.3 is 29.9 Å². The number of esters is 4. The number of carboxylic acid groups (broad SMARTS) is 2. The molecule has 0 aliphatic heterocycles. The van der Waals surface area contributed by atoms with Gasteiger partial charge in [-0.3, -0.25) is 19.2 Å². The van der Waals surface area contributed by atoms with Crippen LogP contribution in [0.25, 0.3) is 0 Å². The molecule has 4 N–H and O–H groups in total. The van der Waals surface area contributed by atoms with E-state index in [0.29, 0.717) is 0 Å². The minimum Gasteiger partial charge on any atom is -0.481 e. The van der Waals surface area contributed by atoms with E-state index in [-0.39, 0.29) is 51.4 Å². The summed E-state index contributed by atoms with van der Waals surface area (Å²) in [5.41, 5.74) is 0. The zero-order chi connectivity index (χ0) is 21.7. The zero-order valence-electron chi connectivity index (χ0n) is 14.9. The maximum atomic E-state index is 11.5. The molecule has 2 atom stereocenters. The van der Waals surface area contributed by atoms with Crippen LogP contribution in [-0.4, -0.2) is 68.4 Å². The van der Waals surface area contributed by atoms with Crippen LogP contribution in [0.4, 0.5) is 0 Å². The van der Waals surface area contributed by atoms with E-state index < -0.39 is 48.0 Å². The molecule has 2 unspecified atom stereocenters. The molecule has 0 rings (SSSR count). The molecule has 0 radical (unpaired) electrons. The third-order valence-electron chi connectivity index (χ3n) is 3.25. The Morgan fingerprint density at radius 2 is 0.857 bits per heavy atom. The molecule has 0 aromatic rings. The third kappa shape index (κ3) is 11.7. The van der Waals surface area contributed by atoms with E-state index in [2.05, 4.69) is 9.47 Å². The number of hydrogen-bond donors (Lipinski definition) is 4. The molecule has 28 heavy (non-hydrogen) atoms. The van der Waals surface area contributed by atoms with Crippen molar-refractivity contribution >= 4 is 35.8 Å². The summed E-state index contributed by atoms with van der Waals surface area (Å²) in [5.74, 6) is -7.58. The molecule has 0 aliphatic rings. The molecule has 0 heterocycles. The van der Waals surface area contributed by atoms with Crippen LogP contribution in [0.2, 0.25) is 0 Å². The van der Waals surface area contributed by atoms with E-state index in [1.807, 2.05) is 0 Å². The van der Waals surface area contributed by atoms with E-state index in [1.165, 1.54) is 0 Å². The number of aliphatic hydroxyl groups excluding tert-OH is 2. The average Bonchev–Trinajstić information content (AvgIpc) is 2.60. The van der Waals surface area contributed by atoms with Gasteiger partial charge in [-0.15, -0.1) is 0 Å². The number of carbonyl (C=O) groups excluding carboxylic acids is 4. The lowest BCUT2D eigenvalue weighted by Crippen LogP contribution is -2.42. The molecule has 158 valence electrons. The Bertz CT molecular complexity index is 544. The van der Waals surface area contributed by atoms with E-state index in [9.17, 15) is 39.0 Å². The fourth-order valence-corrected chi connectivity index (χ4v) is 1.80. The highest BCUT2D eigenvalue weighted by Gasteiger charge is 2.35. The Morgan fingerprint density at radius 1 is 0.571 bits per heavy atom. The maximum absolute atomic E-state index is 11.5. The van der Waals surface area contributed by atoms with Gasteiger partial charge in [-0.1, -0.05) is 0 Å². The Hall–Kier alpha value is -2.86. The minimum atomic E-state index is -2.48. The normalized spacial score (nSPS) is 12.5. The van der Waals surface area contributed by atoms with Crippen LogP contribution < -0.4 is 0 Å². The van der Waals surface area contributed by atoms with Crippen molar-refractivity contribution in [1.29, 1.82) is 0 Å². The van der Waals surface area contributed by atoms with E-state index in [4.69, 9.17) is 10.2 Å². The van der Waals surface area contributed by atoms with Crippen molar-refractivity contribution in [2.45, 2.75) is 63.6 Å². The standard InChI is InChI=1S/C16H22O12/c17-9(18)5-1-3-7-11(21)27-15(25)13(23)14(24)16(26)28-12(22)8-4-2-6-10(19)20/h13-14,23-24H,1-8H2,(H,17,18)(H,19,20). The first-order valence-electron chi connectivity index (χ1n) is 8.33. The van der Waals surface area contributed by atoms with E-state index in [1.54, 1.807) is 0 Å². The van der Waals surface area contributed by atoms with Crippen LogP contribution in [-0.2, 0) is 38.2 Å². The lowest BCUT2D eigenvalue weighted by molar-refractivity contribution is -0.181. The van der Waals surface area contributed by atoms with Crippen LogP contribution in [0.3, 0.4) is 0 Å². The highest BCUT2D eigenvalue weighted by atomic mass is 16.6. The van der Waals surface area contributed by atoms with Crippen LogP contribution in [0.15, 0.2) is 0 Å². The number of rotatable bonds is 13. The smallest absolute Gasteiger partial charge is 0.346 e. The Morgan fingerprint density at radius 3 is 1.14 bits per heavy atom. The predicted molar refractivity (Wildman–Crippen MR) is 86.4 cm³/mol. The number of carboxylic acids is 2. The fourth-order valence-electron chi connectivity index (χ4n) is 1.80. The molecule has 0 aromatic carbocycles. The highest BCUT2D eigenvalue weighted by molar-refractivity contribution is 5.94. The highest BCUT2D eigenvalue weighted by Crippen LogP contribution is 2.07. The summed E-state index contributed by atoms with van der Waals surface area (Å²) >= 11 is 0. The molecule has 0 fully saturated rings. The topological polar surface area (TPSA) is 202 Å². The lowest BCUT2D eigenvalue weighted by Gasteiger charge is -2.14. The quantitative estimate of drug-likeness (QED) is 0.168. The molecular weight excluding hydrogens is 384 g/mol. The molecule has 0 bridgehead atoms. The molecular formula is C16H22O12. The molecule has 0 spiro atoms. The Labute approximate surface area is 159 Å². The molecule has 0 saturated heterocycles. The van der Waals surface area contributed by atoms with Gasteiger partial charge in [0.1, 0.15) is 0 Å². The molecule has 0 amide bonds. The molecule has 12 heteroatoms. The first-order valence-corrected chi connectivity index (χ1v) is 8.33. The van der Waals surface area contributed by atoms with Gasteiger partial charge in [0.25, 0.3) is 0 Å². The lowest BCUT2D eigenvalue weighted by atomic mass is 10.2. The predicted octanol–water partition coefficient (Wildman–Crippen LogP) is -0.862. The van der Waals surface area contributed by atoms with Gasteiger partial charge in [0.05, 0.1) is 0 Å². The number of unbranched alkanes of at least 4 members (excludes halogenated alkanes) is 2. The minimum absolute atomic E-state index is 0.107. The molecule has 12 nitrogen and oxygen atoms in total. The summed E-state index contributed by atoms with van der Waals surface area (Å²) < 4.78 is 8.43. The van der Waals surface area contributed by atoms with Crippen molar-refractivity contribution in [3.63, 3.8) is 0 Å². The summed E-state index contributed by atoms with van der Waals surface area (Å²) in [7, 11) is 0. The number of aliphatic hydroxyl groups is 2. The maximum Gasteiger partial charge on any atom is 0.346 e. The summed E-state index contributed by atoms with van der Waals surface area (Å²) in [6.45, 7) is 0. The first kappa shape index (κ1) is 25.1. The largest absolute Gasteiger partial charge is 0.481 e. The first-order chi connectivity index (χ1) is 13.0. The second-order valence-corrected chi connectivity index (χ2v) is 5.68. The summed E-state index contributed by atoms with van der Waals surface area (Å²) in [6.07, 6.45) is -5.43. The van der Waals surface area contributed by atoms with Crippen LogP contribution in [0.5, 0.6) is 0 Å². The van der Waals surface area contributed by atoms with Crippen molar-refractivity contribution in [2.24, 2.45) is 0 Å². The van der Waals surface area contributed by atoms with Gasteiger partial charge >= 0.3 is 35.8 Å². The third-order valence-corrected chi connectivity index (χ3v) is 3.25. The summed E-state index contributed by atoms with van der Waals surface area (Å²) in [4.78, 5) is 66.4. The van der Waals surface area contributed by atoms with Crippen LogP contribution in [0.1, 0.15) is 51.4 Å². The Kier molecular flexibility index (Phi) is 12.0. The van der Waals surface area contributed by atoms with Gasteiger partial charge in [0.2, 0.25) is 0 Å². The van der Waals surface area contributed by atoms with Crippen LogP contribution >= 0.6 is 0 Å². The summed E-state index contributed by atoms with van der Waals surface area (Å²) in [5, 5.41) is 35.9. The SMILES string of the molecule is O=C(O)CCCCC(=O)OC(=O)C(O)C(O)C(=O)OC(=O)CCCCC(=O)O. The van der Waals surface area contributed by atoms with Gasteiger partial charge in [-0.05, 0) is 25.7 Å². The molecule has 0 saturated carbocycles. The zero-order valence-corrected chi connectivity index (χ0v) is 14.9. The van der Waals surface area contributed by atoms with Gasteiger partial charge in [0.15, 0.2) is 12.2 Å². The Balaban J connectivity index is 4.26. The number of aliphatic carboxylic acids is 2. The fraction of sp³-hybridized carbons (Fsp3) is 0.625. The van der Waals surface area contributed by atoms with E-state index >= 15 is 0 Å². The monoisotopic (exact) mass is 406 g/mol. The van der Waals surface area contributed by atoms with Crippen molar-refractivity contribution < 1.29 is 58.7 Å². The van der Waals surface area contributed by atoms with Gasteiger partial charge in [-0.2, -0.15) is 0 Å². The second-order valence-electron chi connectivity index (χ2n) is 5.68. The molecule has 0 aromatic heterocycles. The van der Waals surface area contributed by atoms with Crippen molar-refractivity contribution in [3.8, 4) is 0 Å². The average molecular weight is 406 g/mol. The van der Waals surface area contributed by atoms with Crippen LogP contribution in [0, 0.1) is 0 Å². The second kappa shape index (κ2) is 13.3. The summed E-state index contributed by atoms with van der Waals surface area (Å²) in [6, 6.07) is 0. The number of carbonyl (C=O) groups is 6. The number of hydrogen-bond acceptors (Lipinski definition) is 10. The van der Waals surface area contributed by atoms with E-state index in [0.717, 1.165) is 0 Å². The van der Waals surface area contributed by atoms with Gasteiger partial charge in [0, 0.05) is 25.7 Å². The van der Waals surface area contributed by atoms with Crippen molar-refractivity contribution in [1.82, 2.24) is 0 Å². The van der Waals surface area contributed by atoms with Gasteiger partial charge in [-0.25, -0.2) is 9.59 Å². The van der Waals surface area contributed by atoms with Crippen molar-refractivity contribution in [3.05, 3.63) is 0 Å². The molecule has 0 aliphatic carbocycles. The number of ether oxygens (including phenoxy) is 2.